The number of aromatic nitrogens is 3. The molecule has 0 amide bonds. The van der Waals surface area contributed by atoms with Gasteiger partial charge in [-0.05, 0) is 24.3 Å². The van der Waals surface area contributed by atoms with Gasteiger partial charge in [0.05, 0.1) is 18.5 Å². The fraction of sp³-hybridized carbons (Fsp3) is 0.143. The molecule has 0 saturated heterocycles. The molecular weight excluding hydrogens is 256 g/mol. The minimum absolute atomic E-state index is 0.0389. The number of aliphatic hydroxyl groups is 1. The number of fused-ring (bicyclic) bond motifs is 1. The lowest BCUT2D eigenvalue weighted by Gasteiger charge is -2.08. The molecule has 0 fully saturated rings. The summed E-state index contributed by atoms with van der Waals surface area (Å²) in [6.07, 6.45) is 3.23. The van der Waals surface area contributed by atoms with Crippen molar-refractivity contribution in [1.29, 1.82) is 0 Å². The molecule has 0 aliphatic rings. The van der Waals surface area contributed by atoms with Crippen LogP contribution in [0, 0.1) is 0 Å². The number of nitrogens with zero attached hydrogens (tertiary/aromatic N) is 2. The van der Waals surface area contributed by atoms with Crippen LogP contribution in [-0.4, -0.2) is 38.3 Å². The first kappa shape index (κ1) is 12.4. The number of pyridine rings is 2. The molecule has 6 heteroatoms. The van der Waals surface area contributed by atoms with E-state index < -0.39 is 0 Å². The van der Waals surface area contributed by atoms with Crippen LogP contribution in [0.15, 0.2) is 36.7 Å². The SMILES string of the molecule is OCCNc1cc(-c2ccc(O)cn2)c2cc[nH]c2n1. The number of rotatable bonds is 4. The van der Waals surface area contributed by atoms with Crippen molar-refractivity contribution in [1.82, 2.24) is 15.0 Å². The number of aromatic amines is 1. The number of nitrogens with one attached hydrogen (secondary N) is 2. The third kappa shape index (κ3) is 2.28. The number of anilines is 1. The lowest BCUT2D eigenvalue weighted by Crippen LogP contribution is -2.07. The number of hydrogen-bond acceptors (Lipinski definition) is 5. The molecule has 0 spiro atoms. The fourth-order valence-electron chi connectivity index (χ4n) is 2.07. The monoisotopic (exact) mass is 270 g/mol. The highest BCUT2D eigenvalue weighted by molar-refractivity contribution is 5.93. The van der Waals surface area contributed by atoms with Crippen LogP contribution in [0.4, 0.5) is 5.82 Å². The highest BCUT2D eigenvalue weighted by atomic mass is 16.3. The molecule has 0 unspecified atom stereocenters. The maximum atomic E-state index is 9.33. The van der Waals surface area contributed by atoms with Crippen LogP contribution in [0.3, 0.4) is 0 Å². The highest BCUT2D eigenvalue weighted by Gasteiger charge is 2.09. The largest absolute Gasteiger partial charge is 0.506 e. The van der Waals surface area contributed by atoms with E-state index in [4.69, 9.17) is 5.11 Å². The van der Waals surface area contributed by atoms with Crippen LogP contribution >= 0.6 is 0 Å². The molecular formula is C14H14N4O2. The number of hydrogen-bond donors (Lipinski definition) is 4. The van der Waals surface area contributed by atoms with Crippen LogP contribution in [0.1, 0.15) is 0 Å². The standard InChI is InChI=1S/C14H14N4O2/c19-6-5-15-13-7-11(10-3-4-16-14(10)18-13)12-2-1-9(20)8-17-12/h1-4,7-8,19-20H,5-6H2,(H2,15,16,18). The van der Waals surface area contributed by atoms with E-state index in [1.54, 1.807) is 12.1 Å². The molecule has 3 aromatic heterocycles. The maximum Gasteiger partial charge on any atom is 0.140 e. The van der Waals surface area contributed by atoms with Gasteiger partial charge in [-0.2, -0.15) is 0 Å². The third-order valence-corrected chi connectivity index (χ3v) is 2.97. The minimum Gasteiger partial charge on any atom is -0.506 e. The Kier molecular flexibility index (Phi) is 3.22. The van der Waals surface area contributed by atoms with Crippen molar-refractivity contribution in [2.45, 2.75) is 0 Å². The van der Waals surface area contributed by atoms with Gasteiger partial charge in [-0.15, -0.1) is 0 Å². The van der Waals surface area contributed by atoms with E-state index in [9.17, 15) is 5.11 Å². The van der Waals surface area contributed by atoms with Gasteiger partial charge in [0.1, 0.15) is 17.2 Å². The van der Waals surface area contributed by atoms with E-state index >= 15 is 0 Å². The summed E-state index contributed by atoms with van der Waals surface area (Å²) in [5.41, 5.74) is 2.41. The first-order valence-electron chi connectivity index (χ1n) is 6.26. The molecule has 102 valence electrons. The van der Waals surface area contributed by atoms with E-state index in [-0.39, 0.29) is 12.4 Å². The molecule has 3 heterocycles. The number of H-pyrrole nitrogens is 1. The Morgan fingerprint density at radius 3 is 2.90 bits per heavy atom. The van der Waals surface area contributed by atoms with Crippen molar-refractivity contribution < 1.29 is 10.2 Å². The Morgan fingerprint density at radius 2 is 2.15 bits per heavy atom. The molecule has 0 aliphatic heterocycles. The fourth-order valence-corrected chi connectivity index (χ4v) is 2.07. The van der Waals surface area contributed by atoms with Gasteiger partial charge in [0, 0.05) is 23.7 Å². The first-order valence-corrected chi connectivity index (χ1v) is 6.26. The van der Waals surface area contributed by atoms with Gasteiger partial charge in [-0.25, -0.2) is 4.98 Å². The average Bonchev–Trinajstić information content (AvgIpc) is 2.93. The second-order valence-electron chi connectivity index (χ2n) is 4.35. The van der Waals surface area contributed by atoms with Crippen LogP contribution in [0.25, 0.3) is 22.3 Å². The summed E-state index contributed by atoms with van der Waals surface area (Å²) in [5, 5.41) is 22.2. The summed E-state index contributed by atoms with van der Waals surface area (Å²) in [4.78, 5) is 11.7. The summed E-state index contributed by atoms with van der Waals surface area (Å²) >= 11 is 0. The van der Waals surface area contributed by atoms with E-state index in [0.29, 0.717) is 12.4 Å². The van der Waals surface area contributed by atoms with Crippen LogP contribution in [0.5, 0.6) is 5.75 Å². The zero-order valence-corrected chi connectivity index (χ0v) is 10.7. The summed E-state index contributed by atoms with van der Waals surface area (Å²) in [6, 6.07) is 7.17. The molecule has 0 aromatic carbocycles. The molecule has 3 aromatic rings. The Labute approximate surface area is 115 Å². The lowest BCUT2D eigenvalue weighted by atomic mass is 10.1. The summed E-state index contributed by atoms with van der Waals surface area (Å²) < 4.78 is 0. The molecule has 0 aliphatic carbocycles. The maximum absolute atomic E-state index is 9.33. The Hall–Kier alpha value is -2.60. The second kappa shape index (κ2) is 5.18. The zero-order chi connectivity index (χ0) is 13.9. The summed E-state index contributed by atoms with van der Waals surface area (Å²) in [6.45, 7) is 0.471. The van der Waals surface area contributed by atoms with E-state index in [1.165, 1.54) is 6.20 Å². The Balaban J connectivity index is 2.11. The Bertz CT molecular complexity index is 722. The second-order valence-corrected chi connectivity index (χ2v) is 4.35. The van der Waals surface area contributed by atoms with Crippen LogP contribution < -0.4 is 5.32 Å². The van der Waals surface area contributed by atoms with Gasteiger partial charge >= 0.3 is 0 Å². The summed E-state index contributed by atoms with van der Waals surface area (Å²) in [7, 11) is 0. The van der Waals surface area contributed by atoms with Crippen LogP contribution in [0.2, 0.25) is 0 Å². The van der Waals surface area contributed by atoms with Gasteiger partial charge in [-0.3, -0.25) is 4.98 Å². The molecule has 3 rings (SSSR count). The van der Waals surface area contributed by atoms with E-state index in [1.807, 2.05) is 18.3 Å². The Morgan fingerprint density at radius 1 is 1.25 bits per heavy atom. The lowest BCUT2D eigenvalue weighted by molar-refractivity contribution is 0.311. The average molecular weight is 270 g/mol. The van der Waals surface area contributed by atoms with Gasteiger partial charge < -0.3 is 20.5 Å². The molecule has 20 heavy (non-hydrogen) atoms. The van der Waals surface area contributed by atoms with Crippen molar-refractivity contribution in [2.24, 2.45) is 0 Å². The van der Waals surface area contributed by atoms with Crippen molar-refractivity contribution in [3.8, 4) is 17.0 Å². The summed E-state index contributed by atoms with van der Waals surface area (Å²) in [5.74, 6) is 0.797. The highest BCUT2D eigenvalue weighted by Crippen LogP contribution is 2.29. The van der Waals surface area contributed by atoms with Gasteiger partial charge in [0.15, 0.2) is 0 Å². The van der Waals surface area contributed by atoms with Gasteiger partial charge in [-0.1, -0.05) is 0 Å². The zero-order valence-electron chi connectivity index (χ0n) is 10.7. The molecule has 0 radical (unpaired) electrons. The third-order valence-electron chi connectivity index (χ3n) is 2.97. The van der Waals surface area contributed by atoms with E-state index in [2.05, 4.69) is 20.3 Å². The van der Waals surface area contributed by atoms with E-state index in [0.717, 1.165) is 22.3 Å². The van der Waals surface area contributed by atoms with Crippen molar-refractivity contribution in [3.05, 3.63) is 36.7 Å². The quantitative estimate of drug-likeness (QED) is 0.579. The van der Waals surface area contributed by atoms with Crippen LogP contribution in [-0.2, 0) is 0 Å². The molecule has 6 nitrogen and oxygen atoms in total. The molecule has 0 saturated carbocycles. The molecule has 0 bridgehead atoms. The van der Waals surface area contributed by atoms with Gasteiger partial charge in [0.2, 0.25) is 0 Å². The molecule has 0 atom stereocenters. The van der Waals surface area contributed by atoms with Crippen molar-refractivity contribution in [2.75, 3.05) is 18.5 Å². The number of aromatic hydroxyl groups is 1. The normalized spacial score (nSPS) is 10.8. The molecule has 4 N–H and O–H groups in total. The minimum atomic E-state index is 0.0389. The number of aliphatic hydroxyl groups excluding tert-OH is 1. The van der Waals surface area contributed by atoms with Gasteiger partial charge in [0.25, 0.3) is 0 Å². The first-order chi connectivity index (χ1) is 9.78. The predicted octanol–water partition coefficient (Wildman–Crippen LogP) is 1.73. The van der Waals surface area contributed by atoms with Crippen molar-refractivity contribution in [3.63, 3.8) is 0 Å². The smallest absolute Gasteiger partial charge is 0.140 e. The predicted molar refractivity (Wildman–Crippen MR) is 76.6 cm³/mol. The van der Waals surface area contributed by atoms with Crippen molar-refractivity contribution >= 4 is 16.9 Å². The topological polar surface area (TPSA) is 94.1 Å².